The Morgan fingerprint density at radius 3 is 1.25 bits per heavy atom. The van der Waals surface area contributed by atoms with Gasteiger partial charge in [-0.05, 0) is 68.8 Å². The van der Waals surface area contributed by atoms with Gasteiger partial charge in [-0.25, -0.2) is 4.98 Å². The van der Waals surface area contributed by atoms with E-state index in [1.54, 1.807) is 0 Å². The highest BCUT2D eigenvalue weighted by Gasteiger charge is 2.17. The van der Waals surface area contributed by atoms with Crippen LogP contribution in [-0.4, -0.2) is 15.0 Å². The number of nitrogens with one attached hydrogen (secondary N) is 1. The smallest absolute Gasteiger partial charge is 0.0736 e. The Balaban J connectivity index is 1.07. The van der Waals surface area contributed by atoms with Crippen LogP contribution in [0.3, 0.4) is 0 Å². The second-order valence-corrected chi connectivity index (χ2v) is 13.9. The molecule has 0 saturated carbocycles. The molecule has 3 aromatic heterocycles. The van der Waals surface area contributed by atoms with Gasteiger partial charge >= 0.3 is 0 Å². The molecule has 1 N–H and O–H groups in total. The minimum Gasteiger partial charge on any atom is -0.353 e. The molecule has 0 atom stereocenters. The molecule has 7 aromatic carbocycles. The van der Waals surface area contributed by atoms with E-state index in [2.05, 4.69) is 193 Å². The predicted octanol–water partition coefficient (Wildman–Crippen LogP) is 13.8. The molecule has 0 amide bonds. The van der Waals surface area contributed by atoms with Crippen molar-refractivity contribution in [1.82, 2.24) is 15.0 Å². The number of hydrogen-bond acceptors (Lipinski definition) is 2. The summed E-state index contributed by atoms with van der Waals surface area (Å²) in [6, 6.07) is 70.8. The maximum absolute atomic E-state index is 5.30. The molecule has 10 aromatic rings. The first kappa shape index (κ1) is 32.3. The van der Waals surface area contributed by atoms with Gasteiger partial charge < -0.3 is 4.98 Å². The predicted molar refractivity (Wildman–Crippen MR) is 229 cm³/mol. The number of pyridine rings is 2. The van der Waals surface area contributed by atoms with E-state index < -0.39 is 0 Å². The lowest BCUT2D eigenvalue weighted by molar-refractivity contribution is 1.32. The summed E-state index contributed by atoms with van der Waals surface area (Å²) < 4.78 is 0. The second kappa shape index (κ2) is 13.9. The molecular formula is C52H35N3. The lowest BCUT2D eigenvalue weighted by atomic mass is 9.97. The fourth-order valence-corrected chi connectivity index (χ4v) is 7.70. The van der Waals surface area contributed by atoms with E-state index in [0.717, 1.165) is 77.8 Å². The van der Waals surface area contributed by atoms with Crippen LogP contribution in [0.2, 0.25) is 0 Å². The zero-order chi connectivity index (χ0) is 36.6. The number of fused-ring (bicyclic) bond motifs is 3. The third kappa shape index (κ3) is 6.18. The summed E-state index contributed by atoms with van der Waals surface area (Å²) in [5, 5.41) is 2.31. The van der Waals surface area contributed by atoms with Gasteiger partial charge in [0.25, 0.3) is 0 Å². The minimum absolute atomic E-state index is 0.918. The van der Waals surface area contributed by atoms with Gasteiger partial charge in [0.15, 0.2) is 0 Å². The molecule has 3 heterocycles. The van der Waals surface area contributed by atoms with E-state index in [9.17, 15) is 0 Å². The summed E-state index contributed by atoms with van der Waals surface area (Å²) in [6.07, 6.45) is 1.91. The average molecular weight is 702 g/mol. The van der Waals surface area contributed by atoms with Crippen LogP contribution in [-0.2, 0) is 0 Å². The number of rotatable bonds is 7. The number of aromatic amines is 1. The number of nitrogens with zero attached hydrogens (tertiary/aromatic N) is 2. The Kier molecular flexibility index (Phi) is 8.16. The van der Waals surface area contributed by atoms with Crippen LogP contribution < -0.4 is 0 Å². The maximum Gasteiger partial charge on any atom is 0.0736 e. The Morgan fingerprint density at radius 1 is 0.291 bits per heavy atom. The molecule has 0 aliphatic carbocycles. The summed E-state index contributed by atoms with van der Waals surface area (Å²) in [5.41, 5.74) is 17.5. The molecule has 258 valence electrons. The fourth-order valence-electron chi connectivity index (χ4n) is 7.70. The first-order valence-corrected chi connectivity index (χ1v) is 18.6. The van der Waals surface area contributed by atoms with E-state index in [1.165, 1.54) is 22.3 Å². The number of aromatic nitrogens is 3. The Morgan fingerprint density at radius 2 is 0.709 bits per heavy atom. The summed E-state index contributed by atoms with van der Waals surface area (Å²) in [5.74, 6) is 0. The molecule has 0 spiro atoms. The number of benzene rings is 7. The summed E-state index contributed by atoms with van der Waals surface area (Å²) >= 11 is 0. The van der Waals surface area contributed by atoms with E-state index >= 15 is 0 Å². The zero-order valence-electron chi connectivity index (χ0n) is 30.0. The van der Waals surface area contributed by atoms with Crippen molar-refractivity contribution >= 4 is 21.8 Å². The average Bonchev–Trinajstić information content (AvgIpc) is 3.67. The van der Waals surface area contributed by atoms with Crippen LogP contribution >= 0.6 is 0 Å². The van der Waals surface area contributed by atoms with Crippen LogP contribution in [0.25, 0.3) is 100 Å². The van der Waals surface area contributed by atoms with Crippen molar-refractivity contribution in [2.24, 2.45) is 0 Å². The van der Waals surface area contributed by atoms with E-state index in [0.29, 0.717) is 0 Å². The van der Waals surface area contributed by atoms with Gasteiger partial charge in [-0.15, -0.1) is 0 Å². The molecule has 0 aliphatic heterocycles. The van der Waals surface area contributed by atoms with Crippen molar-refractivity contribution in [3.8, 4) is 78.3 Å². The topological polar surface area (TPSA) is 41.6 Å². The van der Waals surface area contributed by atoms with Crippen molar-refractivity contribution in [1.29, 1.82) is 0 Å². The number of para-hydroxylation sites is 2. The van der Waals surface area contributed by atoms with Crippen LogP contribution in [0.5, 0.6) is 0 Å². The fraction of sp³-hybridized carbons (Fsp3) is 0. The molecular weight excluding hydrogens is 667 g/mol. The van der Waals surface area contributed by atoms with Crippen molar-refractivity contribution in [2.75, 3.05) is 0 Å². The van der Waals surface area contributed by atoms with Crippen LogP contribution in [0, 0.1) is 0 Å². The number of H-pyrrole nitrogens is 1. The Bertz CT molecular complexity index is 2930. The van der Waals surface area contributed by atoms with Crippen molar-refractivity contribution < 1.29 is 0 Å². The largest absolute Gasteiger partial charge is 0.353 e. The van der Waals surface area contributed by atoms with Crippen LogP contribution in [0.1, 0.15) is 0 Å². The third-order valence-electron chi connectivity index (χ3n) is 10.5. The summed E-state index contributed by atoms with van der Waals surface area (Å²) in [4.78, 5) is 14.0. The molecule has 55 heavy (non-hydrogen) atoms. The van der Waals surface area contributed by atoms with Gasteiger partial charge in [0.1, 0.15) is 0 Å². The first-order chi connectivity index (χ1) is 27.2. The summed E-state index contributed by atoms with van der Waals surface area (Å²) in [6.45, 7) is 0. The maximum atomic E-state index is 5.30. The van der Waals surface area contributed by atoms with E-state index in [-0.39, 0.29) is 0 Å². The standard InChI is InChI=1S/C52H35N3/c1-4-12-35(13-5-1)37-22-26-39(27-23-37)42-30-31-53-49(32-42)46-20-10-18-44-45-19-11-21-47(52(45)55-51(44)46)50-34-43(33-48(54-50)41-16-8-3-9-17-41)40-28-24-38(25-29-40)36-14-6-2-7-15-36/h1-34,55H. The molecule has 0 saturated heterocycles. The first-order valence-electron chi connectivity index (χ1n) is 18.6. The highest BCUT2D eigenvalue weighted by molar-refractivity contribution is 6.15. The van der Waals surface area contributed by atoms with Gasteiger partial charge in [0, 0.05) is 33.7 Å². The van der Waals surface area contributed by atoms with E-state index in [1.807, 2.05) is 18.3 Å². The third-order valence-corrected chi connectivity index (χ3v) is 10.5. The normalized spacial score (nSPS) is 11.3. The van der Waals surface area contributed by atoms with E-state index in [4.69, 9.17) is 9.97 Å². The highest BCUT2D eigenvalue weighted by Crippen LogP contribution is 2.39. The number of hydrogen-bond donors (Lipinski definition) is 1. The van der Waals surface area contributed by atoms with Crippen molar-refractivity contribution in [2.45, 2.75) is 0 Å². The molecule has 0 fully saturated rings. The Hall–Kier alpha value is -7.36. The molecule has 3 nitrogen and oxygen atoms in total. The molecule has 0 bridgehead atoms. The van der Waals surface area contributed by atoms with Gasteiger partial charge in [-0.2, -0.15) is 0 Å². The lowest BCUT2D eigenvalue weighted by Crippen LogP contribution is -1.92. The van der Waals surface area contributed by atoms with Crippen LogP contribution in [0.15, 0.2) is 206 Å². The molecule has 10 rings (SSSR count). The molecule has 3 heteroatoms. The summed E-state index contributed by atoms with van der Waals surface area (Å²) in [7, 11) is 0. The van der Waals surface area contributed by atoms with Gasteiger partial charge in [-0.3, -0.25) is 4.98 Å². The minimum atomic E-state index is 0.918. The quantitative estimate of drug-likeness (QED) is 0.180. The van der Waals surface area contributed by atoms with Crippen molar-refractivity contribution in [3.05, 3.63) is 206 Å². The molecule has 0 unspecified atom stereocenters. The van der Waals surface area contributed by atoms with Crippen molar-refractivity contribution in [3.63, 3.8) is 0 Å². The Labute approximate surface area is 320 Å². The second-order valence-electron chi connectivity index (χ2n) is 13.9. The SMILES string of the molecule is c1ccc(-c2ccc(-c3ccnc(-c4cccc5c4[nH]c4c(-c6cc(-c7ccc(-c8ccccc8)cc7)cc(-c7ccccc7)n6)cccc45)c3)cc2)cc1. The highest BCUT2D eigenvalue weighted by atomic mass is 14.8. The van der Waals surface area contributed by atoms with Gasteiger partial charge in [0.05, 0.1) is 28.1 Å². The molecule has 0 aliphatic rings. The lowest BCUT2D eigenvalue weighted by Gasteiger charge is -2.12. The van der Waals surface area contributed by atoms with Gasteiger partial charge in [-0.1, -0.05) is 176 Å². The van der Waals surface area contributed by atoms with Crippen LogP contribution in [0.4, 0.5) is 0 Å². The molecule has 0 radical (unpaired) electrons. The van der Waals surface area contributed by atoms with Gasteiger partial charge in [0.2, 0.25) is 0 Å². The monoisotopic (exact) mass is 701 g/mol. The zero-order valence-corrected chi connectivity index (χ0v) is 30.0.